The van der Waals surface area contributed by atoms with Crippen molar-refractivity contribution in [2.45, 2.75) is 6.54 Å². The van der Waals surface area contributed by atoms with Gasteiger partial charge in [-0.05, 0) is 30.3 Å². The number of amides is 1. The Balaban J connectivity index is 1.54. The number of benzene rings is 3. The quantitative estimate of drug-likeness (QED) is 0.349. The van der Waals surface area contributed by atoms with E-state index in [0.717, 1.165) is 10.9 Å². The zero-order valence-corrected chi connectivity index (χ0v) is 18.4. The van der Waals surface area contributed by atoms with Gasteiger partial charge in [-0.25, -0.2) is 4.98 Å². The third-order valence-corrected chi connectivity index (χ3v) is 5.83. The van der Waals surface area contributed by atoms with Gasteiger partial charge in [0.25, 0.3) is 11.5 Å². The van der Waals surface area contributed by atoms with E-state index in [-0.39, 0.29) is 44.5 Å². The van der Waals surface area contributed by atoms with E-state index in [4.69, 9.17) is 23.2 Å². The Bertz CT molecular complexity index is 1590. The molecule has 0 spiro atoms. The SMILES string of the molecule is O=C(Nc1cccc2ncn(Cc3n[nH]c4ccccc34)c(=O)c12)c1cc(Cl)c(O)c(Cl)c1. The van der Waals surface area contributed by atoms with Crippen molar-refractivity contribution in [2.24, 2.45) is 0 Å². The van der Waals surface area contributed by atoms with E-state index in [2.05, 4.69) is 20.5 Å². The molecule has 3 N–H and O–H groups in total. The number of rotatable bonds is 4. The molecular formula is C23H15Cl2N5O3. The summed E-state index contributed by atoms with van der Waals surface area (Å²) in [6.45, 7) is 0.206. The second-order valence-electron chi connectivity index (χ2n) is 7.34. The van der Waals surface area contributed by atoms with Crippen LogP contribution in [0.25, 0.3) is 21.8 Å². The average molecular weight is 480 g/mol. The summed E-state index contributed by atoms with van der Waals surface area (Å²) in [5.41, 5.74) is 2.09. The first-order valence-electron chi connectivity index (χ1n) is 9.82. The average Bonchev–Trinajstić information content (AvgIpc) is 3.22. The highest BCUT2D eigenvalue weighted by Crippen LogP contribution is 2.33. The molecule has 3 aromatic carbocycles. The number of aromatic hydroxyl groups is 1. The molecule has 0 saturated heterocycles. The largest absolute Gasteiger partial charge is 0.505 e. The lowest BCUT2D eigenvalue weighted by Crippen LogP contribution is -2.23. The number of hydrogen-bond donors (Lipinski definition) is 3. The van der Waals surface area contributed by atoms with Crippen LogP contribution < -0.4 is 10.9 Å². The number of carbonyl (C=O) groups excluding carboxylic acids is 1. The van der Waals surface area contributed by atoms with Gasteiger partial charge in [0.1, 0.15) is 0 Å². The van der Waals surface area contributed by atoms with Gasteiger partial charge >= 0.3 is 0 Å². The van der Waals surface area contributed by atoms with Crippen molar-refractivity contribution in [2.75, 3.05) is 5.32 Å². The van der Waals surface area contributed by atoms with Crippen molar-refractivity contribution in [3.63, 3.8) is 0 Å². The molecule has 0 aliphatic heterocycles. The summed E-state index contributed by atoms with van der Waals surface area (Å²) in [7, 11) is 0. The van der Waals surface area contributed by atoms with Crippen LogP contribution in [0.2, 0.25) is 10.0 Å². The predicted molar refractivity (Wildman–Crippen MR) is 127 cm³/mol. The van der Waals surface area contributed by atoms with Crippen molar-refractivity contribution in [1.82, 2.24) is 19.7 Å². The third-order valence-electron chi connectivity index (χ3n) is 5.25. The Morgan fingerprint density at radius 2 is 1.85 bits per heavy atom. The van der Waals surface area contributed by atoms with Crippen LogP contribution >= 0.6 is 23.2 Å². The van der Waals surface area contributed by atoms with E-state index in [1.807, 2.05) is 24.3 Å². The number of fused-ring (bicyclic) bond motifs is 2. The smallest absolute Gasteiger partial charge is 0.263 e. The van der Waals surface area contributed by atoms with Gasteiger partial charge in [0, 0.05) is 10.9 Å². The van der Waals surface area contributed by atoms with Crippen LogP contribution in [0.15, 0.2) is 65.7 Å². The number of para-hydroxylation sites is 1. The summed E-state index contributed by atoms with van der Waals surface area (Å²) in [4.78, 5) is 30.5. The molecule has 0 aliphatic carbocycles. The number of aromatic nitrogens is 4. The molecule has 2 heterocycles. The normalized spacial score (nSPS) is 11.2. The number of nitrogens with zero attached hydrogens (tertiary/aromatic N) is 3. The number of anilines is 1. The standard InChI is InChI=1S/C23H15Cl2N5O3/c24-14-8-12(9-15(25)21(14)31)22(32)27-18-7-3-6-17-20(18)23(33)30(11-26-17)10-19-13-4-1-2-5-16(13)28-29-19/h1-9,11,31H,10H2,(H,27,32)(H,28,29). The maximum Gasteiger partial charge on any atom is 0.263 e. The fourth-order valence-electron chi connectivity index (χ4n) is 3.61. The van der Waals surface area contributed by atoms with Crippen molar-refractivity contribution in [3.8, 4) is 5.75 Å². The minimum Gasteiger partial charge on any atom is -0.505 e. The van der Waals surface area contributed by atoms with Crippen molar-refractivity contribution in [3.05, 3.63) is 92.6 Å². The maximum atomic E-state index is 13.3. The lowest BCUT2D eigenvalue weighted by atomic mass is 10.1. The highest BCUT2D eigenvalue weighted by molar-refractivity contribution is 6.37. The first-order valence-corrected chi connectivity index (χ1v) is 10.6. The van der Waals surface area contributed by atoms with Crippen LogP contribution in [0.1, 0.15) is 16.1 Å². The van der Waals surface area contributed by atoms with Crippen LogP contribution in [0.5, 0.6) is 5.75 Å². The van der Waals surface area contributed by atoms with Crippen molar-refractivity contribution < 1.29 is 9.90 Å². The number of halogens is 2. The van der Waals surface area contributed by atoms with Crippen LogP contribution in [-0.2, 0) is 6.54 Å². The van der Waals surface area contributed by atoms with Gasteiger partial charge in [-0.2, -0.15) is 5.10 Å². The molecule has 2 aromatic heterocycles. The lowest BCUT2D eigenvalue weighted by molar-refractivity contribution is 0.102. The lowest BCUT2D eigenvalue weighted by Gasteiger charge is -2.11. The van der Waals surface area contributed by atoms with Crippen LogP contribution in [0.3, 0.4) is 0 Å². The Labute approximate surface area is 196 Å². The molecule has 0 aliphatic rings. The van der Waals surface area contributed by atoms with Gasteiger partial charge in [0.15, 0.2) is 5.75 Å². The molecular weight excluding hydrogens is 465 g/mol. The van der Waals surface area contributed by atoms with E-state index in [9.17, 15) is 14.7 Å². The number of H-pyrrole nitrogens is 1. The molecule has 0 fully saturated rings. The number of phenols is 1. The highest BCUT2D eigenvalue weighted by Gasteiger charge is 2.16. The third kappa shape index (κ3) is 3.79. The summed E-state index contributed by atoms with van der Waals surface area (Å²) in [6.07, 6.45) is 1.46. The molecule has 33 heavy (non-hydrogen) atoms. The van der Waals surface area contributed by atoms with E-state index >= 15 is 0 Å². The Morgan fingerprint density at radius 1 is 1.09 bits per heavy atom. The predicted octanol–water partition coefficient (Wildman–Crippen LogP) is 4.59. The molecule has 5 aromatic rings. The second kappa shape index (κ2) is 8.23. The second-order valence-corrected chi connectivity index (χ2v) is 8.15. The van der Waals surface area contributed by atoms with Gasteiger partial charge in [-0.1, -0.05) is 47.5 Å². The molecule has 0 saturated carbocycles. The van der Waals surface area contributed by atoms with Crippen LogP contribution in [-0.4, -0.2) is 30.8 Å². The molecule has 1 amide bonds. The minimum atomic E-state index is -0.542. The van der Waals surface area contributed by atoms with E-state index in [1.165, 1.54) is 23.0 Å². The van der Waals surface area contributed by atoms with Gasteiger partial charge in [0.05, 0.1) is 50.7 Å². The van der Waals surface area contributed by atoms with Gasteiger partial charge in [-0.15, -0.1) is 0 Å². The first kappa shape index (κ1) is 21.0. The van der Waals surface area contributed by atoms with Crippen LogP contribution in [0.4, 0.5) is 5.69 Å². The first-order chi connectivity index (χ1) is 15.9. The molecule has 0 bridgehead atoms. The highest BCUT2D eigenvalue weighted by atomic mass is 35.5. The Morgan fingerprint density at radius 3 is 2.64 bits per heavy atom. The number of nitrogens with one attached hydrogen (secondary N) is 2. The van der Waals surface area contributed by atoms with E-state index < -0.39 is 5.91 Å². The minimum absolute atomic E-state index is 0.0548. The van der Waals surface area contributed by atoms with E-state index in [1.54, 1.807) is 18.2 Å². The summed E-state index contributed by atoms with van der Waals surface area (Å²) < 4.78 is 1.44. The fraction of sp³-hybridized carbons (Fsp3) is 0.0435. The molecule has 0 radical (unpaired) electrons. The zero-order valence-electron chi connectivity index (χ0n) is 16.8. The summed E-state index contributed by atoms with van der Waals surface area (Å²) in [6, 6.07) is 15.2. The van der Waals surface area contributed by atoms with E-state index in [0.29, 0.717) is 11.2 Å². The van der Waals surface area contributed by atoms with Crippen molar-refractivity contribution >= 4 is 56.6 Å². The summed E-state index contributed by atoms with van der Waals surface area (Å²) in [5.74, 6) is -0.850. The monoisotopic (exact) mass is 479 g/mol. The Hall–Kier alpha value is -3.88. The summed E-state index contributed by atoms with van der Waals surface area (Å²) >= 11 is 11.9. The molecule has 0 atom stereocenters. The zero-order chi connectivity index (χ0) is 23.1. The molecule has 8 nitrogen and oxygen atoms in total. The summed E-state index contributed by atoms with van der Waals surface area (Å²) in [5, 5.41) is 20.8. The maximum absolute atomic E-state index is 13.3. The van der Waals surface area contributed by atoms with Gasteiger partial charge in [-0.3, -0.25) is 19.3 Å². The van der Waals surface area contributed by atoms with Gasteiger partial charge in [0.2, 0.25) is 0 Å². The number of carbonyl (C=O) groups is 1. The van der Waals surface area contributed by atoms with Crippen molar-refractivity contribution in [1.29, 1.82) is 0 Å². The molecule has 5 rings (SSSR count). The number of aromatic amines is 1. The van der Waals surface area contributed by atoms with Crippen LogP contribution in [0, 0.1) is 0 Å². The molecule has 10 heteroatoms. The Kier molecular flexibility index (Phi) is 5.24. The fourth-order valence-corrected chi connectivity index (χ4v) is 4.10. The number of hydrogen-bond acceptors (Lipinski definition) is 5. The topological polar surface area (TPSA) is 113 Å². The molecule has 164 valence electrons. The van der Waals surface area contributed by atoms with Gasteiger partial charge < -0.3 is 10.4 Å². The molecule has 0 unspecified atom stereocenters. The number of phenolic OH excluding ortho intramolecular Hbond substituents is 1.